The van der Waals surface area contributed by atoms with Crippen molar-refractivity contribution < 1.29 is 0 Å². The maximum Gasteiger partial charge on any atom is 0.150 e. The standard InChI is InChI=1S/C13H21ClN4/c1-11-10-15-12(2)13(16-11)18-6-3-5-17(7-4-14)8-9-18/h10H,3-9H2,1-2H3. The van der Waals surface area contributed by atoms with Gasteiger partial charge in [0.15, 0.2) is 0 Å². The Morgan fingerprint density at radius 3 is 2.83 bits per heavy atom. The second kappa shape index (κ2) is 6.34. The van der Waals surface area contributed by atoms with Gasteiger partial charge in [-0.25, -0.2) is 4.98 Å². The number of alkyl halides is 1. The highest BCUT2D eigenvalue weighted by Gasteiger charge is 2.17. The number of aryl methyl sites for hydroxylation is 2. The molecule has 1 saturated heterocycles. The van der Waals surface area contributed by atoms with Gasteiger partial charge in [-0.05, 0) is 26.8 Å². The summed E-state index contributed by atoms with van der Waals surface area (Å²) in [5, 5.41) is 0. The predicted molar refractivity (Wildman–Crippen MR) is 75.5 cm³/mol. The van der Waals surface area contributed by atoms with Gasteiger partial charge >= 0.3 is 0 Å². The third kappa shape index (κ3) is 3.33. The SMILES string of the molecule is Cc1cnc(C)c(N2CCCN(CCCl)CC2)n1. The van der Waals surface area contributed by atoms with Gasteiger partial charge in [0.25, 0.3) is 0 Å². The molecule has 0 N–H and O–H groups in total. The average Bonchev–Trinajstić information content (AvgIpc) is 2.58. The van der Waals surface area contributed by atoms with Crippen molar-refractivity contribution in [2.24, 2.45) is 0 Å². The molecule has 1 fully saturated rings. The fourth-order valence-corrected chi connectivity index (χ4v) is 2.59. The van der Waals surface area contributed by atoms with Crippen LogP contribution in [0.1, 0.15) is 17.8 Å². The number of nitrogens with zero attached hydrogens (tertiary/aromatic N) is 4. The Morgan fingerprint density at radius 2 is 2.06 bits per heavy atom. The number of halogens is 1. The molecule has 5 heteroatoms. The molecule has 0 radical (unpaired) electrons. The van der Waals surface area contributed by atoms with Crippen LogP contribution in [0.2, 0.25) is 0 Å². The van der Waals surface area contributed by atoms with E-state index in [0.717, 1.165) is 56.4 Å². The lowest BCUT2D eigenvalue weighted by atomic mass is 10.3. The van der Waals surface area contributed by atoms with Crippen molar-refractivity contribution >= 4 is 17.4 Å². The highest BCUT2D eigenvalue weighted by Crippen LogP contribution is 2.17. The fraction of sp³-hybridized carbons (Fsp3) is 0.692. The summed E-state index contributed by atoms with van der Waals surface area (Å²) in [5.41, 5.74) is 2.00. The van der Waals surface area contributed by atoms with Gasteiger partial charge in [-0.2, -0.15) is 0 Å². The number of hydrogen-bond donors (Lipinski definition) is 0. The lowest BCUT2D eigenvalue weighted by molar-refractivity contribution is 0.311. The van der Waals surface area contributed by atoms with Gasteiger partial charge in [-0.1, -0.05) is 0 Å². The summed E-state index contributed by atoms with van der Waals surface area (Å²) in [6.45, 7) is 9.25. The van der Waals surface area contributed by atoms with Crippen molar-refractivity contribution in [3.05, 3.63) is 17.6 Å². The Bertz CT molecular complexity index is 397. The van der Waals surface area contributed by atoms with Crippen molar-refractivity contribution in [1.29, 1.82) is 0 Å². The van der Waals surface area contributed by atoms with Gasteiger partial charge < -0.3 is 9.80 Å². The van der Waals surface area contributed by atoms with Crippen LogP contribution in [0.15, 0.2) is 6.20 Å². The van der Waals surface area contributed by atoms with Crippen LogP contribution in [0.5, 0.6) is 0 Å². The third-order valence-corrected chi connectivity index (χ3v) is 3.51. The number of hydrogen-bond acceptors (Lipinski definition) is 4. The van der Waals surface area contributed by atoms with E-state index in [9.17, 15) is 0 Å². The molecule has 18 heavy (non-hydrogen) atoms. The van der Waals surface area contributed by atoms with Crippen molar-refractivity contribution in [3.63, 3.8) is 0 Å². The van der Waals surface area contributed by atoms with Crippen molar-refractivity contribution in [2.75, 3.05) is 43.5 Å². The molecule has 4 nitrogen and oxygen atoms in total. The summed E-state index contributed by atoms with van der Waals surface area (Å²) in [6.07, 6.45) is 2.99. The van der Waals surface area contributed by atoms with Crippen LogP contribution in [0, 0.1) is 13.8 Å². The first kappa shape index (κ1) is 13.6. The molecule has 2 rings (SSSR count). The molecule has 0 amide bonds. The minimum Gasteiger partial charge on any atom is -0.354 e. The molecule has 0 spiro atoms. The molecule has 0 atom stereocenters. The first-order valence-electron chi connectivity index (χ1n) is 6.54. The largest absolute Gasteiger partial charge is 0.354 e. The molecule has 2 heterocycles. The molecule has 1 aliphatic heterocycles. The third-order valence-electron chi connectivity index (χ3n) is 3.34. The lowest BCUT2D eigenvalue weighted by Crippen LogP contribution is -2.32. The first-order valence-corrected chi connectivity index (χ1v) is 7.07. The summed E-state index contributed by atoms with van der Waals surface area (Å²) in [5.74, 6) is 1.76. The van der Waals surface area contributed by atoms with Crippen LogP contribution in [0.3, 0.4) is 0 Å². The normalized spacial score (nSPS) is 17.8. The van der Waals surface area contributed by atoms with E-state index in [-0.39, 0.29) is 0 Å². The molecule has 1 aromatic rings. The van der Waals surface area contributed by atoms with E-state index in [1.54, 1.807) is 0 Å². The lowest BCUT2D eigenvalue weighted by Gasteiger charge is -2.23. The van der Waals surface area contributed by atoms with Crippen LogP contribution < -0.4 is 4.90 Å². The van der Waals surface area contributed by atoms with E-state index in [1.807, 2.05) is 20.0 Å². The van der Waals surface area contributed by atoms with Gasteiger partial charge in [0.1, 0.15) is 5.82 Å². The maximum atomic E-state index is 5.81. The van der Waals surface area contributed by atoms with Crippen molar-refractivity contribution in [2.45, 2.75) is 20.3 Å². The quantitative estimate of drug-likeness (QED) is 0.783. The first-order chi connectivity index (χ1) is 8.70. The van der Waals surface area contributed by atoms with Gasteiger partial charge in [0, 0.05) is 38.3 Å². The van der Waals surface area contributed by atoms with Crippen LogP contribution in [-0.2, 0) is 0 Å². The van der Waals surface area contributed by atoms with E-state index in [2.05, 4.69) is 19.8 Å². The second-order valence-corrected chi connectivity index (χ2v) is 5.17. The number of anilines is 1. The van der Waals surface area contributed by atoms with E-state index in [0.29, 0.717) is 5.88 Å². The highest BCUT2D eigenvalue weighted by molar-refractivity contribution is 6.18. The summed E-state index contributed by atoms with van der Waals surface area (Å²) >= 11 is 5.81. The molecule has 0 aromatic carbocycles. The Kier molecular flexibility index (Phi) is 4.78. The van der Waals surface area contributed by atoms with Crippen LogP contribution >= 0.6 is 11.6 Å². The van der Waals surface area contributed by atoms with Crippen LogP contribution in [-0.4, -0.2) is 53.5 Å². The molecule has 100 valence electrons. The average molecular weight is 269 g/mol. The molecule has 0 bridgehead atoms. The summed E-state index contributed by atoms with van der Waals surface area (Å²) < 4.78 is 0. The minimum absolute atomic E-state index is 0.712. The monoisotopic (exact) mass is 268 g/mol. The Balaban J connectivity index is 2.07. The topological polar surface area (TPSA) is 32.3 Å². The van der Waals surface area contributed by atoms with E-state index >= 15 is 0 Å². The van der Waals surface area contributed by atoms with Crippen molar-refractivity contribution in [3.8, 4) is 0 Å². The van der Waals surface area contributed by atoms with Gasteiger partial charge in [0.05, 0.1) is 11.4 Å². The van der Waals surface area contributed by atoms with E-state index in [4.69, 9.17) is 11.6 Å². The van der Waals surface area contributed by atoms with Gasteiger partial charge in [-0.15, -0.1) is 11.6 Å². The zero-order valence-corrected chi connectivity index (χ0v) is 11.9. The molecule has 1 aliphatic rings. The summed E-state index contributed by atoms with van der Waals surface area (Å²) in [6, 6.07) is 0. The Labute approximate surface area is 114 Å². The zero-order chi connectivity index (χ0) is 13.0. The molecule has 1 aromatic heterocycles. The second-order valence-electron chi connectivity index (χ2n) is 4.79. The molecule has 0 saturated carbocycles. The number of aromatic nitrogens is 2. The summed E-state index contributed by atoms with van der Waals surface area (Å²) in [4.78, 5) is 13.8. The Morgan fingerprint density at radius 1 is 1.22 bits per heavy atom. The molecule has 0 aliphatic carbocycles. The fourth-order valence-electron chi connectivity index (χ4n) is 2.35. The highest BCUT2D eigenvalue weighted by atomic mass is 35.5. The number of rotatable bonds is 3. The smallest absolute Gasteiger partial charge is 0.150 e. The zero-order valence-electron chi connectivity index (χ0n) is 11.2. The van der Waals surface area contributed by atoms with Crippen LogP contribution in [0.4, 0.5) is 5.82 Å². The van der Waals surface area contributed by atoms with E-state index < -0.39 is 0 Å². The van der Waals surface area contributed by atoms with Crippen molar-refractivity contribution in [1.82, 2.24) is 14.9 Å². The summed E-state index contributed by atoms with van der Waals surface area (Å²) in [7, 11) is 0. The van der Waals surface area contributed by atoms with Gasteiger partial charge in [-0.3, -0.25) is 4.98 Å². The molecular formula is C13H21ClN4. The van der Waals surface area contributed by atoms with Gasteiger partial charge in [0.2, 0.25) is 0 Å². The van der Waals surface area contributed by atoms with E-state index in [1.165, 1.54) is 0 Å². The van der Waals surface area contributed by atoms with Crippen LogP contribution in [0.25, 0.3) is 0 Å². The predicted octanol–water partition coefficient (Wildman–Crippen LogP) is 1.84. The maximum absolute atomic E-state index is 5.81. The molecular weight excluding hydrogens is 248 g/mol. The minimum atomic E-state index is 0.712. The molecule has 0 unspecified atom stereocenters. The Hall–Kier alpha value is -0.870.